The van der Waals surface area contributed by atoms with Crippen LogP contribution in [0.4, 0.5) is 32.2 Å². The number of aryl methyl sites for hydroxylation is 2. The Balaban J connectivity index is 1.62. The van der Waals surface area contributed by atoms with E-state index in [1.54, 1.807) is 6.07 Å². The Morgan fingerprint density at radius 1 is 1.23 bits per heavy atom. The van der Waals surface area contributed by atoms with Gasteiger partial charge in [0, 0.05) is 19.2 Å². The van der Waals surface area contributed by atoms with Crippen molar-refractivity contribution in [1.29, 1.82) is 0 Å². The molecule has 0 saturated heterocycles. The highest BCUT2D eigenvalue weighted by Gasteiger charge is 2.46. The molecule has 4 rings (SSSR count). The summed E-state index contributed by atoms with van der Waals surface area (Å²) in [6, 6.07) is 4.38. The Morgan fingerprint density at radius 2 is 1.95 bits per heavy atom. The smallest absolute Gasteiger partial charge is 0.484 e. The van der Waals surface area contributed by atoms with Gasteiger partial charge >= 0.3 is 12.5 Å². The van der Waals surface area contributed by atoms with Crippen LogP contribution in [0.1, 0.15) is 40.0 Å². The molecule has 1 aliphatic heterocycles. The number of ether oxygens (including phenoxy) is 2. The van der Waals surface area contributed by atoms with Crippen molar-refractivity contribution in [3.63, 3.8) is 0 Å². The SMILES string of the molecule is CS(=O)(=O)CC(=O)Nc1c2c(nn1CCCOC(F)(F)F)C[C@]1(CCc3cc(OCC(F)(F)F)ccc31)NC2=O. The van der Waals surface area contributed by atoms with Gasteiger partial charge in [0.1, 0.15) is 22.9 Å². The molecule has 2 N–H and O–H groups in total. The van der Waals surface area contributed by atoms with Gasteiger partial charge in [-0.05, 0) is 42.5 Å². The third-order valence-corrected chi connectivity index (χ3v) is 7.11. The van der Waals surface area contributed by atoms with Gasteiger partial charge in [0.25, 0.3) is 5.91 Å². The number of aromatic nitrogens is 2. The van der Waals surface area contributed by atoms with Gasteiger partial charge in [-0.3, -0.25) is 14.3 Å². The largest absolute Gasteiger partial charge is 0.522 e. The van der Waals surface area contributed by atoms with Crippen molar-refractivity contribution in [2.24, 2.45) is 0 Å². The van der Waals surface area contributed by atoms with E-state index in [2.05, 4.69) is 20.5 Å². The van der Waals surface area contributed by atoms with E-state index in [-0.39, 0.29) is 42.2 Å². The molecule has 10 nitrogen and oxygen atoms in total. The summed E-state index contributed by atoms with van der Waals surface area (Å²) in [5.74, 6) is -2.70. The average molecular weight is 599 g/mol. The maximum atomic E-state index is 13.3. The molecule has 1 spiro atoms. The zero-order chi connectivity index (χ0) is 29.5. The minimum Gasteiger partial charge on any atom is -0.484 e. The van der Waals surface area contributed by atoms with Crippen molar-refractivity contribution in [2.45, 2.75) is 50.3 Å². The van der Waals surface area contributed by atoms with Crippen LogP contribution < -0.4 is 15.4 Å². The highest BCUT2D eigenvalue weighted by molar-refractivity contribution is 7.91. The minimum atomic E-state index is -4.85. The van der Waals surface area contributed by atoms with Crippen LogP contribution in [0.15, 0.2) is 18.2 Å². The quantitative estimate of drug-likeness (QED) is 0.336. The molecule has 2 aromatic rings. The molecule has 17 heteroatoms. The lowest BCUT2D eigenvalue weighted by atomic mass is 9.82. The first-order chi connectivity index (χ1) is 18.4. The zero-order valence-corrected chi connectivity index (χ0v) is 21.7. The third-order valence-electron chi connectivity index (χ3n) is 6.32. The van der Waals surface area contributed by atoms with Crippen LogP contribution in [0.2, 0.25) is 0 Å². The number of benzene rings is 1. The Morgan fingerprint density at radius 3 is 2.60 bits per heavy atom. The summed E-state index contributed by atoms with van der Waals surface area (Å²) in [5.41, 5.74) is 0.466. The van der Waals surface area contributed by atoms with Crippen molar-refractivity contribution in [2.75, 3.05) is 30.5 Å². The van der Waals surface area contributed by atoms with E-state index >= 15 is 0 Å². The molecule has 1 aliphatic carbocycles. The Kier molecular flexibility index (Phi) is 7.83. The molecule has 40 heavy (non-hydrogen) atoms. The van der Waals surface area contributed by atoms with E-state index in [1.807, 2.05) is 0 Å². The van der Waals surface area contributed by atoms with Crippen LogP contribution >= 0.6 is 0 Å². The number of carbonyl (C=O) groups is 2. The first kappa shape index (κ1) is 29.6. The standard InChI is InChI=1S/C23H24F6N4O6S/c1-40(36,37)11-17(34)30-19-18-16(32-33(19)7-2-8-39-23(27,28)29)10-21(31-20(18)35)6-5-13-9-14(3-4-15(13)21)38-12-22(24,25)26/h3-4,9H,2,5-8,10-12H2,1H3,(H,30,34)(H,31,35)/t21-/m0/s1. The van der Waals surface area contributed by atoms with Crippen LogP contribution in [0.3, 0.4) is 0 Å². The lowest BCUT2D eigenvalue weighted by molar-refractivity contribution is -0.324. The van der Waals surface area contributed by atoms with Gasteiger partial charge < -0.3 is 15.4 Å². The first-order valence-corrected chi connectivity index (χ1v) is 13.9. The molecular formula is C23H24F6N4O6S. The number of sulfone groups is 1. The Bertz CT molecular complexity index is 1420. The Labute approximate surface area is 223 Å². The number of fused-ring (bicyclic) bond motifs is 3. The van der Waals surface area contributed by atoms with Gasteiger partial charge in [0.05, 0.1) is 17.8 Å². The van der Waals surface area contributed by atoms with Crippen molar-refractivity contribution in [1.82, 2.24) is 15.1 Å². The summed E-state index contributed by atoms with van der Waals surface area (Å²) >= 11 is 0. The average Bonchev–Trinajstić information content (AvgIpc) is 3.31. The number of amides is 2. The first-order valence-electron chi connectivity index (χ1n) is 11.9. The normalized spacial score (nSPS) is 18.8. The molecule has 1 aromatic carbocycles. The van der Waals surface area contributed by atoms with E-state index in [0.29, 0.717) is 24.0 Å². The number of hydrogen-bond acceptors (Lipinski definition) is 7. The van der Waals surface area contributed by atoms with E-state index < -0.39 is 58.7 Å². The molecule has 2 heterocycles. The van der Waals surface area contributed by atoms with Crippen molar-refractivity contribution in [3.05, 3.63) is 40.6 Å². The number of anilines is 1. The second-order valence-electron chi connectivity index (χ2n) is 9.60. The lowest BCUT2D eigenvalue weighted by Crippen LogP contribution is -2.49. The van der Waals surface area contributed by atoms with Crippen LogP contribution in [0, 0.1) is 0 Å². The number of nitrogens with one attached hydrogen (secondary N) is 2. The highest BCUT2D eigenvalue weighted by atomic mass is 32.2. The fourth-order valence-electron chi connectivity index (χ4n) is 4.88. The molecule has 0 saturated carbocycles. The van der Waals surface area contributed by atoms with Gasteiger partial charge in [-0.25, -0.2) is 13.1 Å². The molecule has 2 aliphatic rings. The maximum Gasteiger partial charge on any atom is 0.522 e. The monoisotopic (exact) mass is 598 g/mol. The second kappa shape index (κ2) is 10.6. The number of halogens is 6. The molecule has 0 fully saturated rings. The van der Waals surface area contributed by atoms with Gasteiger partial charge in [0.15, 0.2) is 16.4 Å². The molecule has 2 amide bonds. The summed E-state index contributed by atoms with van der Waals surface area (Å²) in [5, 5.41) is 9.59. The van der Waals surface area contributed by atoms with Crippen molar-refractivity contribution >= 4 is 27.5 Å². The number of hydrogen-bond donors (Lipinski definition) is 2. The van der Waals surface area contributed by atoms with Gasteiger partial charge in [-0.15, -0.1) is 13.2 Å². The van der Waals surface area contributed by atoms with Crippen LogP contribution in [-0.2, 0) is 44.3 Å². The molecule has 0 unspecified atom stereocenters. The Hall–Kier alpha value is -3.34. The number of rotatable bonds is 9. The summed E-state index contributed by atoms with van der Waals surface area (Å²) < 4.78 is 108. The summed E-state index contributed by atoms with van der Waals surface area (Å²) in [7, 11) is -3.74. The van der Waals surface area contributed by atoms with Crippen LogP contribution in [-0.4, -0.2) is 67.8 Å². The predicted octanol–water partition coefficient (Wildman–Crippen LogP) is 2.86. The number of alkyl halides is 6. The summed E-state index contributed by atoms with van der Waals surface area (Å²) in [4.78, 5) is 25.7. The van der Waals surface area contributed by atoms with E-state index in [1.165, 1.54) is 12.1 Å². The van der Waals surface area contributed by atoms with Crippen LogP contribution in [0.25, 0.3) is 0 Å². The van der Waals surface area contributed by atoms with Crippen LogP contribution in [0.5, 0.6) is 5.75 Å². The number of carbonyl (C=O) groups excluding carboxylic acids is 2. The maximum absolute atomic E-state index is 13.3. The molecule has 1 atom stereocenters. The lowest BCUT2D eigenvalue weighted by Gasteiger charge is -2.35. The molecular weight excluding hydrogens is 574 g/mol. The van der Waals surface area contributed by atoms with E-state index in [4.69, 9.17) is 4.74 Å². The second-order valence-corrected chi connectivity index (χ2v) is 11.7. The third kappa shape index (κ3) is 7.04. The summed E-state index contributed by atoms with van der Waals surface area (Å²) in [6.45, 7) is -2.39. The van der Waals surface area contributed by atoms with Crippen molar-refractivity contribution < 1.29 is 53.8 Å². The summed E-state index contributed by atoms with van der Waals surface area (Å²) in [6.07, 6.45) is -7.85. The number of nitrogens with zero attached hydrogens (tertiary/aromatic N) is 2. The zero-order valence-electron chi connectivity index (χ0n) is 20.9. The predicted molar refractivity (Wildman–Crippen MR) is 126 cm³/mol. The van der Waals surface area contributed by atoms with Gasteiger partial charge in [-0.2, -0.15) is 18.3 Å². The molecule has 0 radical (unpaired) electrons. The van der Waals surface area contributed by atoms with Gasteiger partial charge in [-0.1, -0.05) is 6.07 Å². The fourth-order valence-corrected chi connectivity index (χ4v) is 5.42. The molecule has 220 valence electrons. The van der Waals surface area contributed by atoms with E-state index in [9.17, 15) is 44.3 Å². The highest BCUT2D eigenvalue weighted by Crippen LogP contribution is 2.44. The molecule has 0 bridgehead atoms. The van der Waals surface area contributed by atoms with Crippen molar-refractivity contribution in [3.8, 4) is 5.75 Å². The van der Waals surface area contributed by atoms with E-state index in [0.717, 1.165) is 10.9 Å². The minimum absolute atomic E-state index is 0.0113. The fraction of sp³-hybridized carbons (Fsp3) is 0.522. The van der Waals surface area contributed by atoms with Gasteiger partial charge in [0.2, 0.25) is 5.91 Å². The topological polar surface area (TPSA) is 129 Å². The molecule has 1 aromatic heterocycles.